The van der Waals surface area contributed by atoms with Gasteiger partial charge in [-0.05, 0) is 11.6 Å². The van der Waals surface area contributed by atoms with Gasteiger partial charge in [0.25, 0.3) is 5.56 Å². The van der Waals surface area contributed by atoms with E-state index < -0.39 is 0 Å². The van der Waals surface area contributed by atoms with Crippen molar-refractivity contribution in [1.82, 2.24) is 15.5 Å². The van der Waals surface area contributed by atoms with Crippen molar-refractivity contribution in [2.75, 3.05) is 6.54 Å². The van der Waals surface area contributed by atoms with Crippen LogP contribution in [0.4, 0.5) is 0 Å². The molecule has 2 N–H and O–H groups in total. The number of rotatable bonds is 0. The maximum absolute atomic E-state index is 11.6. The summed E-state index contributed by atoms with van der Waals surface area (Å²) in [7, 11) is 0. The lowest BCUT2D eigenvalue weighted by Crippen LogP contribution is -2.14. The molecule has 2 heterocycles. The lowest BCUT2D eigenvalue weighted by Gasteiger charge is -2.04. The van der Waals surface area contributed by atoms with E-state index >= 15 is 0 Å². The smallest absolute Gasteiger partial charge is 0.272 e. The number of nitrogens with zero attached hydrogens (tertiary/aromatic N) is 1. The van der Waals surface area contributed by atoms with Crippen molar-refractivity contribution in [3.63, 3.8) is 0 Å². The number of aromatic nitrogens is 2. The number of hydrogen-bond acceptors (Lipinski definition) is 3. The summed E-state index contributed by atoms with van der Waals surface area (Å²) in [6.45, 7) is 1.72. The minimum Gasteiger partial charge on any atom is -0.312 e. The van der Waals surface area contributed by atoms with Crippen LogP contribution in [0.15, 0.2) is 23.0 Å². The maximum Gasteiger partial charge on any atom is 0.272 e. The van der Waals surface area contributed by atoms with Gasteiger partial charge in [-0.3, -0.25) is 4.79 Å². The minimum absolute atomic E-state index is 0.0995. The Kier molecular flexibility index (Phi) is 1.82. The van der Waals surface area contributed by atoms with Crippen LogP contribution in [0.2, 0.25) is 0 Å². The van der Waals surface area contributed by atoms with Gasteiger partial charge in [0.05, 0.1) is 11.1 Å². The first-order valence-electron chi connectivity index (χ1n) is 5.06. The molecule has 1 aliphatic rings. The Balaban J connectivity index is 2.49. The third-order valence-corrected chi connectivity index (χ3v) is 2.83. The summed E-state index contributed by atoms with van der Waals surface area (Å²) in [5, 5.41) is 11.8. The van der Waals surface area contributed by atoms with Gasteiger partial charge in [0.2, 0.25) is 0 Å². The number of nitrogens with one attached hydrogen (secondary N) is 2. The average molecular weight is 201 g/mol. The molecule has 2 aromatic rings. The standard InChI is InChI=1S/C11H11N3O/c15-11-8-3-1-2-7-6-12-5-4-9(10(7)8)13-14-11/h1-3,12H,4-6H2,(H,14,15). The zero-order valence-corrected chi connectivity index (χ0v) is 8.21. The minimum atomic E-state index is -0.0995. The molecule has 0 unspecified atom stereocenters. The fourth-order valence-electron chi connectivity index (χ4n) is 2.12. The van der Waals surface area contributed by atoms with Gasteiger partial charge in [-0.2, -0.15) is 5.10 Å². The van der Waals surface area contributed by atoms with Crippen LogP contribution in [-0.2, 0) is 13.0 Å². The maximum atomic E-state index is 11.6. The Morgan fingerprint density at radius 3 is 3.20 bits per heavy atom. The van der Waals surface area contributed by atoms with Crippen LogP contribution in [-0.4, -0.2) is 16.7 Å². The van der Waals surface area contributed by atoms with Gasteiger partial charge in [-0.25, -0.2) is 5.10 Å². The number of hydrogen-bond donors (Lipinski definition) is 2. The molecule has 0 saturated carbocycles. The largest absolute Gasteiger partial charge is 0.312 e. The molecule has 0 atom stereocenters. The molecule has 0 radical (unpaired) electrons. The van der Waals surface area contributed by atoms with Crippen molar-refractivity contribution in [1.29, 1.82) is 0 Å². The zero-order valence-electron chi connectivity index (χ0n) is 8.21. The van der Waals surface area contributed by atoms with Crippen molar-refractivity contribution < 1.29 is 0 Å². The summed E-state index contributed by atoms with van der Waals surface area (Å²) in [5.74, 6) is 0. The van der Waals surface area contributed by atoms with Crippen LogP contribution in [0, 0.1) is 0 Å². The van der Waals surface area contributed by atoms with Gasteiger partial charge in [0.1, 0.15) is 0 Å². The van der Waals surface area contributed by atoms with E-state index in [9.17, 15) is 4.79 Å². The first kappa shape index (κ1) is 8.61. The van der Waals surface area contributed by atoms with E-state index in [4.69, 9.17) is 0 Å². The molecule has 0 saturated heterocycles. The summed E-state index contributed by atoms with van der Waals surface area (Å²) < 4.78 is 0. The number of aromatic amines is 1. The Morgan fingerprint density at radius 1 is 1.33 bits per heavy atom. The summed E-state index contributed by atoms with van der Waals surface area (Å²) in [4.78, 5) is 11.6. The summed E-state index contributed by atoms with van der Waals surface area (Å²) in [6.07, 6.45) is 0.865. The van der Waals surface area contributed by atoms with E-state index in [1.54, 1.807) is 0 Å². The molecule has 0 aliphatic carbocycles. The molecular weight excluding hydrogens is 190 g/mol. The highest BCUT2D eigenvalue weighted by atomic mass is 16.1. The van der Waals surface area contributed by atoms with Crippen molar-refractivity contribution in [3.8, 4) is 0 Å². The molecule has 1 aromatic heterocycles. The van der Waals surface area contributed by atoms with Crippen LogP contribution in [0.1, 0.15) is 11.3 Å². The second-order valence-corrected chi connectivity index (χ2v) is 3.77. The molecule has 0 spiro atoms. The van der Waals surface area contributed by atoms with Crippen molar-refractivity contribution in [2.45, 2.75) is 13.0 Å². The Labute approximate surface area is 86.3 Å². The molecule has 0 amide bonds. The highest BCUT2D eigenvalue weighted by Crippen LogP contribution is 2.20. The van der Waals surface area contributed by atoms with Crippen LogP contribution < -0.4 is 10.9 Å². The molecule has 15 heavy (non-hydrogen) atoms. The Hall–Kier alpha value is -1.68. The summed E-state index contributed by atoms with van der Waals surface area (Å²) in [5.41, 5.74) is 2.06. The van der Waals surface area contributed by atoms with E-state index in [1.165, 1.54) is 5.56 Å². The number of benzene rings is 1. The molecule has 4 heteroatoms. The number of H-pyrrole nitrogens is 1. The summed E-state index contributed by atoms with van der Waals surface area (Å²) >= 11 is 0. The van der Waals surface area contributed by atoms with Gasteiger partial charge in [0, 0.05) is 24.9 Å². The molecule has 3 rings (SSSR count). The van der Waals surface area contributed by atoms with Gasteiger partial charge >= 0.3 is 0 Å². The van der Waals surface area contributed by atoms with Gasteiger partial charge < -0.3 is 5.32 Å². The van der Waals surface area contributed by atoms with Gasteiger partial charge in [0.15, 0.2) is 0 Å². The van der Waals surface area contributed by atoms with E-state index in [0.717, 1.165) is 36.0 Å². The zero-order chi connectivity index (χ0) is 10.3. The van der Waals surface area contributed by atoms with Gasteiger partial charge in [-0.1, -0.05) is 12.1 Å². The van der Waals surface area contributed by atoms with Crippen molar-refractivity contribution in [2.24, 2.45) is 0 Å². The lowest BCUT2D eigenvalue weighted by atomic mass is 10.0. The summed E-state index contributed by atoms with van der Waals surface area (Å²) in [6, 6.07) is 5.82. The highest BCUT2D eigenvalue weighted by molar-refractivity contribution is 5.87. The molecule has 0 fully saturated rings. The second kappa shape index (κ2) is 3.17. The van der Waals surface area contributed by atoms with E-state index in [1.807, 2.05) is 18.2 Å². The predicted molar refractivity (Wildman–Crippen MR) is 57.8 cm³/mol. The van der Waals surface area contributed by atoms with Crippen molar-refractivity contribution >= 4 is 10.8 Å². The Morgan fingerprint density at radius 2 is 2.27 bits per heavy atom. The fraction of sp³-hybridized carbons (Fsp3) is 0.273. The van der Waals surface area contributed by atoms with Crippen LogP contribution in [0.5, 0.6) is 0 Å². The first-order valence-corrected chi connectivity index (χ1v) is 5.06. The molecule has 1 aliphatic heterocycles. The second-order valence-electron chi connectivity index (χ2n) is 3.77. The Bertz CT molecular complexity index is 561. The van der Waals surface area contributed by atoms with E-state index in [0.29, 0.717) is 0 Å². The molecule has 0 bridgehead atoms. The van der Waals surface area contributed by atoms with Crippen LogP contribution >= 0.6 is 0 Å². The third-order valence-electron chi connectivity index (χ3n) is 2.83. The van der Waals surface area contributed by atoms with Gasteiger partial charge in [-0.15, -0.1) is 0 Å². The normalized spacial score (nSPS) is 15.2. The predicted octanol–water partition coefficient (Wildman–Crippen LogP) is 0.569. The average Bonchev–Trinajstić information content (AvgIpc) is 2.47. The van der Waals surface area contributed by atoms with E-state index in [-0.39, 0.29) is 5.56 Å². The van der Waals surface area contributed by atoms with E-state index in [2.05, 4.69) is 15.5 Å². The monoisotopic (exact) mass is 201 g/mol. The topological polar surface area (TPSA) is 57.8 Å². The molecule has 1 aromatic carbocycles. The quantitative estimate of drug-likeness (QED) is 0.655. The molecule has 76 valence electrons. The fourth-order valence-corrected chi connectivity index (χ4v) is 2.12. The van der Waals surface area contributed by atoms with Crippen molar-refractivity contribution in [3.05, 3.63) is 39.8 Å². The first-order chi connectivity index (χ1) is 7.36. The highest BCUT2D eigenvalue weighted by Gasteiger charge is 2.13. The lowest BCUT2D eigenvalue weighted by molar-refractivity contribution is 0.693. The van der Waals surface area contributed by atoms with Crippen LogP contribution in [0.3, 0.4) is 0 Å². The third kappa shape index (κ3) is 1.26. The molecule has 4 nitrogen and oxygen atoms in total. The van der Waals surface area contributed by atoms with Crippen LogP contribution in [0.25, 0.3) is 10.8 Å². The SMILES string of the molecule is O=c1[nH]nc2c3c(cccc13)CNCC2. The molecular formula is C11H11N3O.